The standard InChI is InChI=1S/C14H10F4N2O/c15-8-2-1-3-9(16)7(8)6-12(21)20-14-11(19)5-4-10(17)13(14)18/h1-5H,6,19H2,(H,20,21). The Bertz CT molecular complexity index is 683. The van der Waals surface area contributed by atoms with Gasteiger partial charge in [0.2, 0.25) is 5.91 Å². The molecule has 0 saturated heterocycles. The van der Waals surface area contributed by atoms with Crippen molar-refractivity contribution >= 4 is 17.3 Å². The van der Waals surface area contributed by atoms with Crippen molar-refractivity contribution in [1.82, 2.24) is 0 Å². The summed E-state index contributed by atoms with van der Waals surface area (Å²) in [7, 11) is 0. The van der Waals surface area contributed by atoms with Crippen LogP contribution in [0.15, 0.2) is 30.3 Å². The van der Waals surface area contributed by atoms with Crippen molar-refractivity contribution in [3.63, 3.8) is 0 Å². The van der Waals surface area contributed by atoms with E-state index >= 15 is 0 Å². The van der Waals surface area contributed by atoms with E-state index in [9.17, 15) is 22.4 Å². The molecule has 2 rings (SSSR count). The van der Waals surface area contributed by atoms with Crippen LogP contribution in [0.2, 0.25) is 0 Å². The molecule has 0 saturated carbocycles. The fourth-order valence-corrected chi connectivity index (χ4v) is 1.74. The lowest BCUT2D eigenvalue weighted by Crippen LogP contribution is -2.18. The van der Waals surface area contributed by atoms with Gasteiger partial charge in [-0.15, -0.1) is 0 Å². The number of carbonyl (C=O) groups is 1. The topological polar surface area (TPSA) is 55.1 Å². The number of nitrogens with one attached hydrogen (secondary N) is 1. The summed E-state index contributed by atoms with van der Waals surface area (Å²) in [6.07, 6.45) is -0.673. The van der Waals surface area contributed by atoms with E-state index in [1.807, 2.05) is 5.32 Å². The van der Waals surface area contributed by atoms with Gasteiger partial charge in [-0.2, -0.15) is 0 Å². The molecule has 0 heterocycles. The Morgan fingerprint density at radius 1 is 1.00 bits per heavy atom. The molecule has 7 heteroatoms. The Hall–Kier alpha value is -2.57. The number of hydrogen-bond donors (Lipinski definition) is 2. The molecule has 0 bridgehead atoms. The molecular weight excluding hydrogens is 288 g/mol. The highest BCUT2D eigenvalue weighted by Gasteiger charge is 2.17. The largest absolute Gasteiger partial charge is 0.397 e. The maximum Gasteiger partial charge on any atom is 0.229 e. The van der Waals surface area contributed by atoms with Crippen LogP contribution in [0.1, 0.15) is 5.56 Å². The third kappa shape index (κ3) is 3.13. The van der Waals surface area contributed by atoms with E-state index in [2.05, 4.69) is 0 Å². The van der Waals surface area contributed by atoms with Gasteiger partial charge in [-0.3, -0.25) is 4.79 Å². The molecule has 0 aliphatic carbocycles. The molecule has 1 amide bonds. The van der Waals surface area contributed by atoms with Gasteiger partial charge in [0, 0.05) is 5.56 Å². The molecule has 110 valence electrons. The van der Waals surface area contributed by atoms with E-state index in [0.29, 0.717) is 0 Å². The van der Waals surface area contributed by atoms with Crippen LogP contribution in [0.5, 0.6) is 0 Å². The zero-order valence-corrected chi connectivity index (χ0v) is 10.6. The van der Waals surface area contributed by atoms with Crippen molar-refractivity contribution in [2.75, 3.05) is 11.1 Å². The average Bonchev–Trinajstić information content (AvgIpc) is 2.43. The second kappa shape index (κ2) is 5.82. The van der Waals surface area contributed by atoms with Crippen LogP contribution in [0.25, 0.3) is 0 Å². The van der Waals surface area contributed by atoms with Gasteiger partial charge < -0.3 is 11.1 Å². The van der Waals surface area contributed by atoms with Crippen LogP contribution in [0.4, 0.5) is 28.9 Å². The van der Waals surface area contributed by atoms with E-state index < -0.39 is 46.8 Å². The lowest BCUT2D eigenvalue weighted by molar-refractivity contribution is -0.115. The predicted molar refractivity (Wildman–Crippen MR) is 69.5 cm³/mol. The molecule has 0 fully saturated rings. The number of nitrogens with two attached hydrogens (primary N) is 1. The molecule has 3 N–H and O–H groups in total. The fraction of sp³-hybridized carbons (Fsp3) is 0.0714. The van der Waals surface area contributed by atoms with Crippen LogP contribution in [0, 0.1) is 23.3 Å². The lowest BCUT2D eigenvalue weighted by Gasteiger charge is -2.10. The molecule has 0 atom stereocenters. The first-order valence-corrected chi connectivity index (χ1v) is 5.86. The second-order valence-corrected chi connectivity index (χ2v) is 4.25. The first kappa shape index (κ1) is 14.8. The number of amides is 1. The number of halogens is 4. The first-order chi connectivity index (χ1) is 9.90. The van der Waals surface area contributed by atoms with Crippen molar-refractivity contribution in [2.45, 2.75) is 6.42 Å². The lowest BCUT2D eigenvalue weighted by atomic mass is 10.1. The van der Waals surface area contributed by atoms with Crippen molar-refractivity contribution in [3.8, 4) is 0 Å². The van der Waals surface area contributed by atoms with Crippen molar-refractivity contribution in [1.29, 1.82) is 0 Å². The van der Waals surface area contributed by atoms with Gasteiger partial charge in [-0.05, 0) is 24.3 Å². The van der Waals surface area contributed by atoms with E-state index in [1.54, 1.807) is 0 Å². The maximum absolute atomic E-state index is 13.5. The SMILES string of the molecule is Nc1ccc(F)c(F)c1NC(=O)Cc1c(F)cccc1F. The minimum Gasteiger partial charge on any atom is -0.397 e. The molecule has 21 heavy (non-hydrogen) atoms. The number of nitrogen functional groups attached to an aromatic ring is 1. The van der Waals surface area contributed by atoms with Crippen molar-refractivity contribution in [2.24, 2.45) is 0 Å². The Balaban J connectivity index is 2.22. The summed E-state index contributed by atoms with van der Waals surface area (Å²) < 4.78 is 53.4. The summed E-state index contributed by atoms with van der Waals surface area (Å²) in [5, 5.41) is 2.01. The smallest absolute Gasteiger partial charge is 0.229 e. The molecule has 0 aliphatic rings. The summed E-state index contributed by atoms with van der Waals surface area (Å²) in [4.78, 5) is 11.7. The summed E-state index contributed by atoms with van der Waals surface area (Å²) in [5.41, 5.74) is 4.20. The highest BCUT2D eigenvalue weighted by molar-refractivity contribution is 5.95. The number of hydrogen-bond acceptors (Lipinski definition) is 2. The predicted octanol–water partition coefficient (Wildman–Crippen LogP) is 3.01. The quantitative estimate of drug-likeness (QED) is 0.676. The van der Waals surface area contributed by atoms with Gasteiger partial charge in [-0.25, -0.2) is 17.6 Å². The number of carbonyl (C=O) groups excluding carboxylic acids is 1. The van der Waals surface area contributed by atoms with Crippen molar-refractivity contribution in [3.05, 3.63) is 59.2 Å². The molecule has 3 nitrogen and oxygen atoms in total. The summed E-state index contributed by atoms with van der Waals surface area (Å²) in [5.74, 6) is -5.26. The Morgan fingerprint density at radius 2 is 1.62 bits per heavy atom. The third-order valence-corrected chi connectivity index (χ3v) is 2.79. The zero-order valence-electron chi connectivity index (χ0n) is 10.6. The van der Waals surface area contributed by atoms with Gasteiger partial charge in [-0.1, -0.05) is 6.07 Å². The first-order valence-electron chi connectivity index (χ1n) is 5.86. The van der Waals surface area contributed by atoms with Gasteiger partial charge in [0.1, 0.15) is 17.3 Å². The van der Waals surface area contributed by atoms with Crippen LogP contribution >= 0.6 is 0 Å². The van der Waals surface area contributed by atoms with E-state index in [1.165, 1.54) is 0 Å². The summed E-state index contributed by atoms with van der Waals surface area (Å²) in [6, 6.07) is 5.00. The minimum absolute atomic E-state index is 0.198. The monoisotopic (exact) mass is 298 g/mol. The van der Waals surface area contributed by atoms with E-state index in [-0.39, 0.29) is 5.69 Å². The van der Waals surface area contributed by atoms with Crippen LogP contribution in [-0.4, -0.2) is 5.91 Å². The molecule has 0 aromatic heterocycles. The highest BCUT2D eigenvalue weighted by Crippen LogP contribution is 2.25. The maximum atomic E-state index is 13.5. The summed E-state index contributed by atoms with van der Waals surface area (Å²) in [6.45, 7) is 0. The van der Waals surface area contributed by atoms with Gasteiger partial charge >= 0.3 is 0 Å². The van der Waals surface area contributed by atoms with Gasteiger partial charge in [0.15, 0.2) is 11.6 Å². The van der Waals surface area contributed by atoms with E-state index in [0.717, 1.165) is 30.3 Å². The van der Waals surface area contributed by atoms with Gasteiger partial charge in [0.05, 0.1) is 12.1 Å². The van der Waals surface area contributed by atoms with Crippen LogP contribution < -0.4 is 11.1 Å². The number of rotatable bonds is 3. The Labute approximate surface area is 117 Å². The second-order valence-electron chi connectivity index (χ2n) is 4.25. The van der Waals surface area contributed by atoms with Gasteiger partial charge in [0.25, 0.3) is 0 Å². The third-order valence-electron chi connectivity index (χ3n) is 2.79. The molecule has 2 aromatic rings. The van der Waals surface area contributed by atoms with E-state index in [4.69, 9.17) is 5.73 Å². The minimum atomic E-state index is -1.34. The average molecular weight is 298 g/mol. The molecule has 0 radical (unpaired) electrons. The number of anilines is 2. The number of benzene rings is 2. The molecule has 0 spiro atoms. The molecule has 0 unspecified atom stereocenters. The summed E-state index contributed by atoms with van der Waals surface area (Å²) >= 11 is 0. The van der Waals surface area contributed by atoms with Crippen LogP contribution in [0.3, 0.4) is 0 Å². The molecular formula is C14H10F4N2O. The fourth-order valence-electron chi connectivity index (χ4n) is 1.74. The molecule has 2 aromatic carbocycles. The Morgan fingerprint density at radius 3 is 2.24 bits per heavy atom. The molecule has 0 aliphatic heterocycles. The van der Waals surface area contributed by atoms with Crippen molar-refractivity contribution < 1.29 is 22.4 Å². The van der Waals surface area contributed by atoms with Crippen LogP contribution in [-0.2, 0) is 11.2 Å². The normalized spacial score (nSPS) is 10.5. The highest BCUT2D eigenvalue weighted by atomic mass is 19.2. The zero-order chi connectivity index (χ0) is 15.6. The Kier molecular flexibility index (Phi) is 4.11.